The van der Waals surface area contributed by atoms with Gasteiger partial charge in [0.2, 0.25) is 0 Å². The monoisotopic (exact) mass is 310 g/mol. The first-order valence-electron chi connectivity index (χ1n) is 5.93. The predicted molar refractivity (Wildman–Crippen MR) is 71.3 cm³/mol. The minimum Gasteiger partial charge on any atom is -0.353 e. The van der Waals surface area contributed by atoms with Gasteiger partial charge < -0.3 is 15.6 Å². The van der Waals surface area contributed by atoms with Crippen LogP contribution < -0.4 is 10.6 Å². The number of aryl methyl sites for hydroxylation is 1. The molecule has 1 saturated heterocycles. The Morgan fingerprint density at radius 2 is 2.17 bits per heavy atom. The number of hydrogen-bond donors (Lipinski definition) is 3. The minimum absolute atomic E-state index is 0.154. The molecule has 0 spiro atoms. The number of aromatic amines is 1. The van der Waals surface area contributed by atoms with Crippen LogP contribution in [0.2, 0.25) is 0 Å². The third-order valence-corrected chi connectivity index (χ3v) is 3.93. The highest BCUT2D eigenvalue weighted by molar-refractivity contribution is 9.10. The third-order valence-electron chi connectivity index (χ3n) is 3.14. The number of carbonyl (C=O) groups is 1. The lowest BCUT2D eigenvalue weighted by atomic mass is 10.1. The maximum absolute atomic E-state index is 12.1. The van der Waals surface area contributed by atoms with Crippen LogP contribution in [0.5, 0.6) is 0 Å². The number of aromatic nitrogens is 1. The van der Waals surface area contributed by atoms with Crippen LogP contribution >= 0.6 is 15.9 Å². The van der Waals surface area contributed by atoms with Crippen molar-refractivity contribution in [3.63, 3.8) is 0 Å². The molecule has 96 valence electrons. The van der Waals surface area contributed by atoms with Gasteiger partial charge in [-0.2, -0.15) is 5.26 Å². The Morgan fingerprint density at radius 3 is 2.72 bits per heavy atom. The maximum atomic E-state index is 12.1. The molecule has 0 atom stereocenters. The number of piperidine rings is 1. The summed E-state index contributed by atoms with van der Waals surface area (Å²) in [7, 11) is 0. The number of nitrogens with zero attached hydrogens (tertiary/aromatic N) is 1. The van der Waals surface area contributed by atoms with Crippen molar-refractivity contribution in [2.75, 3.05) is 13.1 Å². The van der Waals surface area contributed by atoms with Gasteiger partial charge in [0.25, 0.3) is 5.91 Å². The summed E-state index contributed by atoms with van der Waals surface area (Å²) in [6.07, 6.45) is 1.88. The molecule has 0 unspecified atom stereocenters. The van der Waals surface area contributed by atoms with Crippen LogP contribution in [0, 0.1) is 18.3 Å². The molecule has 1 amide bonds. The zero-order chi connectivity index (χ0) is 13.1. The molecule has 0 radical (unpaired) electrons. The molecule has 5 nitrogen and oxygen atoms in total. The summed E-state index contributed by atoms with van der Waals surface area (Å²) in [6, 6.07) is 2.28. The van der Waals surface area contributed by atoms with E-state index in [1.54, 1.807) is 6.92 Å². The van der Waals surface area contributed by atoms with Crippen LogP contribution in [0.15, 0.2) is 4.47 Å². The van der Waals surface area contributed by atoms with Crippen molar-refractivity contribution in [3.8, 4) is 6.07 Å². The van der Waals surface area contributed by atoms with Gasteiger partial charge in [-0.25, -0.2) is 0 Å². The topological polar surface area (TPSA) is 80.7 Å². The van der Waals surface area contributed by atoms with Crippen molar-refractivity contribution in [2.24, 2.45) is 0 Å². The predicted octanol–water partition coefficient (Wildman–Crippen LogP) is 1.44. The summed E-state index contributed by atoms with van der Waals surface area (Å²) in [5.74, 6) is -0.154. The quantitative estimate of drug-likeness (QED) is 0.773. The van der Waals surface area contributed by atoms with E-state index in [9.17, 15) is 4.79 Å². The maximum Gasteiger partial charge on any atom is 0.269 e. The third kappa shape index (κ3) is 2.57. The van der Waals surface area contributed by atoms with Crippen LogP contribution in [-0.2, 0) is 0 Å². The van der Waals surface area contributed by atoms with Gasteiger partial charge in [0, 0.05) is 11.7 Å². The lowest BCUT2D eigenvalue weighted by Gasteiger charge is -2.23. The van der Waals surface area contributed by atoms with Crippen LogP contribution in [0.1, 0.15) is 34.6 Å². The largest absolute Gasteiger partial charge is 0.353 e. The first-order valence-corrected chi connectivity index (χ1v) is 6.72. The number of hydrogen-bond acceptors (Lipinski definition) is 3. The van der Waals surface area contributed by atoms with E-state index in [-0.39, 0.29) is 11.9 Å². The zero-order valence-electron chi connectivity index (χ0n) is 10.1. The Balaban J connectivity index is 2.11. The summed E-state index contributed by atoms with van der Waals surface area (Å²) in [5, 5.41) is 15.2. The molecule has 2 heterocycles. The summed E-state index contributed by atoms with van der Waals surface area (Å²) in [4.78, 5) is 15.1. The minimum atomic E-state index is -0.154. The number of rotatable bonds is 2. The smallest absolute Gasteiger partial charge is 0.269 e. The van der Waals surface area contributed by atoms with Crippen LogP contribution in [0.3, 0.4) is 0 Å². The summed E-state index contributed by atoms with van der Waals surface area (Å²) < 4.78 is 0.550. The number of amides is 1. The fourth-order valence-corrected chi connectivity index (χ4v) is 2.77. The Labute approximate surface area is 114 Å². The van der Waals surface area contributed by atoms with E-state index in [1.165, 1.54) is 0 Å². The molecule has 1 aliphatic rings. The molecule has 3 N–H and O–H groups in total. The molecular formula is C12H15BrN4O. The number of nitrogens with one attached hydrogen (secondary N) is 3. The van der Waals surface area contributed by atoms with Crippen molar-refractivity contribution in [1.82, 2.24) is 15.6 Å². The van der Waals surface area contributed by atoms with Gasteiger partial charge in [-0.3, -0.25) is 4.79 Å². The van der Waals surface area contributed by atoms with Gasteiger partial charge in [0.05, 0.1) is 10.0 Å². The van der Waals surface area contributed by atoms with Crippen molar-refractivity contribution in [1.29, 1.82) is 5.26 Å². The highest BCUT2D eigenvalue weighted by Gasteiger charge is 2.21. The molecule has 0 saturated carbocycles. The van der Waals surface area contributed by atoms with E-state index in [0.717, 1.165) is 25.9 Å². The number of carbonyl (C=O) groups excluding carboxylic acids is 1. The molecular weight excluding hydrogens is 296 g/mol. The molecule has 1 aromatic rings. The molecule has 18 heavy (non-hydrogen) atoms. The number of halogens is 1. The first-order chi connectivity index (χ1) is 8.63. The normalized spacial score (nSPS) is 16.3. The summed E-state index contributed by atoms with van der Waals surface area (Å²) >= 11 is 3.30. The fraction of sp³-hybridized carbons (Fsp3) is 0.500. The standard InChI is InChI=1S/C12H15BrN4O/c1-7-9(6-14)10(13)11(16-7)12(18)17-8-2-4-15-5-3-8/h8,15-16H,2-5H2,1H3,(H,17,18). The van der Waals surface area contributed by atoms with E-state index in [0.29, 0.717) is 21.4 Å². The summed E-state index contributed by atoms with van der Waals surface area (Å²) in [5.41, 5.74) is 1.63. The average Bonchev–Trinajstić information content (AvgIpc) is 2.65. The van der Waals surface area contributed by atoms with E-state index >= 15 is 0 Å². The van der Waals surface area contributed by atoms with Crippen LogP contribution in [0.25, 0.3) is 0 Å². The molecule has 0 bridgehead atoms. The van der Waals surface area contributed by atoms with Gasteiger partial charge in [0.1, 0.15) is 11.8 Å². The molecule has 6 heteroatoms. The second-order valence-electron chi connectivity index (χ2n) is 4.42. The molecule has 1 fully saturated rings. The van der Waals surface area contributed by atoms with Gasteiger partial charge in [0.15, 0.2) is 0 Å². The average molecular weight is 311 g/mol. The Kier molecular flexibility index (Phi) is 4.04. The molecule has 2 rings (SSSR count). The molecule has 1 aromatic heterocycles. The molecule has 1 aliphatic heterocycles. The van der Waals surface area contributed by atoms with Gasteiger partial charge in [-0.05, 0) is 48.8 Å². The zero-order valence-corrected chi connectivity index (χ0v) is 11.7. The van der Waals surface area contributed by atoms with E-state index < -0.39 is 0 Å². The number of H-pyrrole nitrogens is 1. The van der Waals surface area contributed by atoms with Crippen LogP contribution in [0.4, 0.5) is 0 Å². The Morgan fingerprint density at radius 1 is 1.50 bits per heavy atom. The van der Waals surface area contributed by atoms with Gasteiger partial charge >= 0.3 is 0 Å². The fourth-order valence-electron chi connectivity index (χ4n) is 2.11. The van der Waals surface area contributed by atoms with Crippen molar-refractivity contribution in [2.45, 2.75) is 25.8 Å². The Hall–Kier alpha value is -1.32. The first kappa shape index (κ1) is 13.1. The van der Waals surface area contributed by atoms with E-state index in [4.69, 9.17) is 5.26 Å². The second kappa shape index (κ2) is 5.55. The van der Waals surface area contributed by atoms with E-state index in [1.807, 2.05) is 0 Å². The number of nitriles is 1. The van der Waals surface area contributed by atoms with Crippen molar-refractivity contribution < 1.29 is 4.79 Å². The van der Waals surface area contributed by atoms with Gasteiger partial charge in [-0.1, -0.05) is 0 Å². The summed E-state index contributed by atoms with van der Waals surface area (Å²) in [6.45, 7) is 3.64. The molecule has 0 aliphatic carbocycles. The van der Waals surface area contributed by atoms with Crippen molar-refractivity contribution >= 4 is 21.8 Å². The SMILES string of the molecule is Cc1[nH]c(C(=O)NC2CCNCC2)c(Br)c1C#N. The van der Waals surface area contributed by atoms with Crippen LogP contribution in [-0.4, -0.2) is 30.0 Å². The lowest BCUT2D eigenvalue weighted by Crippen LogP contribution is -2.42. The van der Waals surface area contributed by atoms with E-state index in [2.05, 4.69) is 37.6 Å². The highest BCUT2D eigenvalue weighted by Crippen LogP contribution is 2.24. The highest BCUT2D eigenvalue weighted by atomic mass is 79.9. The second-order valence-corrected chi connectivity index (χ2v) is 5.22. The lowest BCUT2D eigenvalue weighted by molar-refractivity contribution is 0.0924. The molecule has 0 aromatic carbocycles. The Bertz CT molecular complexity index is 497. The van der Waals surface area contributed by atoms with Gasteiger partial charge in [-0.15, -0.1) is 0 Å². The van der Waals surface area contributed by atoms with Crippen molar-refractivity contribution in [3.05, 3.63) is 21.4 Å².